The van der Waals surface area contributed by atoms with E-state index >= 15 is 0 Å². The van der Waals surface area contributed by atoms with Gasteiger partial charge in [-0.15, -0.1) is 0 Å². The van der Waals surface area contributed by atoms with Crippen molar-refractivity contribution in [1.82, 2.24) is 14.9 Å². The topological polar surface area (TPSA) is 102 Å². The van der Waals surface area contributed by atoms with Crippen LogP contribution in [0.5, 0.6) is 5.75 Å². The summed E-state index contributed by atoms with van der Waals surface area (Å²) in [5.74, 6) is 0.283. The SMILES string of the molecule is COc1cccc(-c2nc3ccc(N4CCCNCC4)cc3c(=O)n2C(C(N)=O)C(C)C)c1. The Kier molecular flexibility index (Phi) is 6.65. The zero-order chi connectivity index (χ0) is 23.5. The summed E-state index contributed by atoms with van der Waals surface area (Å²) in [4.78, 5) is 33.5. The zero-order valence-electron chi connectivity index (χ0n) is 19.4. The number of aromatic nitrogens is 2. The molecule has 3 aromatic rings. The number of anilines is 1. The molecular formula is C25H31N5O3. The van der Waals surface area contributed by atoms with Crippen LogP contribution in [0.15, 0.2) is 47.3 Å². The summed E-state index contributed by atoms with van der Waals surface area (Å²) in [6, 6.07) is 12.3. The zero-order valence-corrected chi connectivity index (χ0v) is 19.4. The molecule has 174 valence electrons. The fraction of sp³-hybridized carbons (Fsp3) is 0.400. The summed E-state index contributed by atoms with van der Waals surface area (Å²) in [6.07, 6.45) is 1.03. The molecule has 0 aliphatic carbocycles. The van der Waals surface area contributed by atoms with Crippen LogP contribution in [0.1, 0.15) is 26.3 Å². The van der Waals surface area contributed by atoms with E-state index in [9.17, 15) is 9.59 Å². The Bertz CT molecular complexity index is 1210. The van der Waals surface area contributed by atoms with E-state index in [1.54, 1.807) is 13.2 Å². The minimum absolute atomic E-state index is 0.191. The van der Waals surface area contributed by atoms with Gasteiger partial charge in [0, 0.05) is 30.9 Å². The van der Waals surface area contributed by atoms with Gasteiger partial charge in [-0.3, -0.25) is 14.2 Å². The first kappa shape index (κ1) is 22.8. The number of fused-ring (bicyclic) bond motifs is 1. The number of ether oxygens (including phenoxy) is 1. The standard InChI is InChI=1S/C25H31N5O3/c1-16(2)22(23(26)31)30-24(17-6-4-7-19(14-17)33-3)28-21-9-8-18(15-20(21)25(30)32)29-12-5-10-27-11-13-29/h4,6-9,14-16,22,27H,5,10-13H2,1-3H3,(H2,26,31). The van der Waals surface area contributed by atoms with Crippen LogP contribution in [0, 0.1) is 5.92 Å². The van der Waals surface area contributed by atoms with E-state index in [0.717, 1.165) is 38.3 Å². The first-order chi connectivity index (χ1) is 15.9. The van der Waals surface area contributed by atoms with Crippen molar-refractivity contribution < 1.29 is 9.53 Å². The number of nitrogens with one attached hydrogen (secondary N) is 1. The minimum atomic E-state index is -0.832. The van der Waals surface area contributed by atoms with Crippen LogP contribution in [0.4, 0.5) is 5.69 Å². The van der Waals surface area contributed by atoms with Crippen LogP contribution in [-0.2, 0) is 4.79 Å². The van der Waals surface area contributed by atoms with E-state index in [1.165, 1.54) is 4.57 Å². The summed E-state index contributed by atoms with van der Waals surface area (Å²) < 4.78 is 6.82. The van der Waals surface area contributed by atoms with Crippen LogP contribution < -0.4 is 26.2 Å². The van der Waals surface area contributed by atoms with Crippen molar-refractivity contribution >= 4 is 22.5 Å². The van der Waals surface area contributed by atoms with Crippen molar-refractivity contribution in [3.8, 4) is 17.1 Å². The van der Waals surface area contributed by atoms with Gasteiger partial charge in [0.2, 0.25) is 5.91 Å². The second-order valence-corrected chi connectivity index (χ2v) is 8.73. The third-order valence-electron chi connectivity index (χ3n) is 6.12. The molecular weight excluding hydrogens is 418 g/mol. The van der Waals surface area contributed by atoms with Gasteiger partial charge in [-0.25, -0.2) is 4.98 Å². The maximum atomic E-state index is 13.9. The van der Waals surface area contributed by atoms with Crippen LogP contribution in [0.25, 0.3) is 22.3 Å². The van der Waals surface area contributed by atoms with E-state index in [4.69, 9.17) is 15.5 Å². The van der Waals surface area contributed by atoms with Crippen LogP contribution in [0.3, 0.4) is 0 Å². The second-order valence-electron chi connectivity index (χ2n) is 8.73. The van der Waals surface area contributed by atoms with E-state index in [0.29, 0.717) is 28.0 Å². The van der Waals surface area contributed by atoms with E-state index in [1.807, 2.05) is 50.2 Å². The molecule has 4 rings (SSSR count). The fourth-order valence-corrected chi connectivity index (χ4v) is 4.47. The number of rotatable bonds is 6. The van der Waals surface area contributed by atoms with Gasteiger partial charge in [-0.05, 0) is 49.2 Å². The molecule has 1 aliphatic rings. The molecule has 3 N–H and O–H groups in total. The highest BCUT2D eigenvalue weighted by Gasteiger charge is 2.28. The first-order valence-corrected chi connectivity index (χ1v) is 11.4. The summed E-state index contributed by atoms with van der Waals surface area (Å²) in [5, 5.41) is 3.87. The number of methoxy groups -OCH3 is 1. The molecule has 0 bridgehead atoms. The number of hydrogen-bond acceptors (Lipinski definition) is 6. The molecule has 1 atom stereocenters. The van der Waals surface area contributed by atoms with Gasteiger partial charge in [0.1, 0.15) is 17.6 Å². The van der Waals surface area contributed by atoms with Crippen molar-refractivity contribution in [2.24, 2.45) is 11.7 Å². The van der Waals surface area contributed by atoms with E-state index in [-0.39, 0.29) is 11.5 Å². The molecule has 33 heavy (non-hydrogen) atoms. The Hall–Kier alpha value is -3.39. The third kappa shape index (κ3) is 4.57. The Balaban J connectivity index is 1.96. The molecule has 0 saturated carbocycles. The molecule has 2 heterocycles. The number of primary amides is 1. The molecule has 1 amide bonds. The van der Waals surface area contributed by atoms with Gasteiger partial charge in [-0.2, -0.15) is 0 Å². The number of carbonyl (C=O) groups is 1. The largest absolute Gasteiger partial charge is 0.497 e. The number of benzene rings is 2. The first-order valence-electron chi connectivity index (χ1n) is 11.4. The molecule has 1 fully saturated rings. The van der Waals surface area contributed by atoms with Crippen LogP contribution in [-0.4, -0.2) is 48.7 Å². The van der Waals surface area contributed by atoms with Crippen molar-refractivity contribution in [3.05, 3.63) is 52.8 Å². The summed E-state index contributed by atoms with van der Waals surface area (Å²) in [5.41, 5.74) is 7.75. The summed E-state index contributed by atoms with van der Waals surface area (Å²) >= 11 is 0. The molecule has 1 aliphatic heterocycles. The molecule has 1 aromatic heterocycles. The van der Waals surface area contributed by atoms with E-state index in [2.05, 4.69) is 10.2 Å². The Morgan fingerprint density at radius 2 is 1.97 bits per heavy atom. The molecule has 0 radical (unpaired) electrons. The number of amides is 1. The molecule has 1 unspecified atom stereocenters. The fourth-order valence-electron chi connectivity index (χ4n) is 4.47. The van der Waals surface area contributed by atoms with Gasteiger partial charge in [0.25, 0.3) is 5.56 Å². The molecule has 8 heteroatoms. The highest BCUT2D eigenvalue weighted by molar-refractivity contribution is 5.85. The lowest BCUT2D eigenvalue weighted by molar-refractivity contribution is -0.122. The number of carbonyl (C=O) groups excluding carboxylic acids is 1. The predicted octanol–water partition coefficient (Wildman–Crippen LogP) is 2.55. The molecule has 8 nitrogen and oxygen atoms in total. The molecule has 2 aromatic carbocycles. The smallest absolute Gasteiger partial charge is 0.262 e. The second kappa shape index (κ2) is 9.62. The quantitative estimate of drug-likeness (QED) is 0.600. The third-order valence-corrected chi connectivity index (χ3v) is 6.12. The number of nitrogens with two attached hydrogens (primary N) is 1. The summed E-state index contributed by atoms with van der Waals surface area (Å²) in [7, 11) is 1.58. The number of nitrogens with zero attached hydrogens (tertiary/aromatic N) is 3. The monoisotopic (exact) mass is 449 g/mol. The van der Waals surface area contributed by atoms with Crippen molar-refractivity contribution in [2.75, 3.05) is 38.2 Å². The minimum Gasteiger partial charge on any atom is -0.497 e. The maximum absolute atomic E-state index is 13.9. The Morgan fingerprint density at radius 3 is 2.70 bits per heavy atom. The Morgan fingerprint density at radius 1 is 1.15 bits per heavy atom. The lowest BCUT2D eigenvalue weighted by Crippen LogP contribution is -2.38. The van der Waals surface area contributed by atoms with Crippen LogP contribution in [0.2, 0.25) is 0 Å². The van der Waals surface area contributed by atoms with Gasteiger partial charge < -0.3 is 20.7 Å². The molecule has 1 saturated heterocycles. The van der Waals surface area contributed by atoms with Crippen molar-refractivity contribution in [1.29, 1.82) is 0 Å². The average Bonchev–Trinajstić information content (AvgIpc) is 3.09. The maximum Gasteiger partial charge on any atom is 0.262 e. The normalized spacial score (nSPS) is 15.5. The van der Waals surface area contributed by atoms with Crippen molar-refractivity contribution in [2.45, 2.75) is 26.3 Å². The van der Waals surface area contributed by atoms with E-state index < -0.39 is 11.9 Å². The van der Waals surface area contributed by atoms with Gasteiger partial charge in [0.05, 0.1) is 18.0 Å². The van der Waals surface area contributed by atoms with Crippen molar-refractivity contribution in [3.63, 3.8) is 0 Å². The Labute approximate surface area is 193 Å². The predicted molar refractivity (Wildman–Crippen MR) is 131 cm³/mol. The highest BCUT2D eigenvalue weighted by atomic mass is 16.5. The molecule has 0 spiro atoms. The van der Waals surface area contributed by atoms with Crippen LogP contribution >= 0.6 is 0 Å². The summed E-state index contributed by atoms with van der Waals surface area (Å²) in [6.45, 7) is 7.41. The highest BCUT2D eigenvalue weighted by Crippen LogP contribution is 2.29. The van der Waals surface area contributed by atoms with Gasteiger partial charge in [-0.1, -0.05) is 26.0 Å². The average molecular weight is 450 g/mol. The number of hydrogen-bond donors (Lipinski definition) is 2. The van der Waals surface area contributed by atoms with Gasteiger partial charge >= 0.3 is 0 Å². The lowest BCUT2D eigenvalue weighted by atomic mass is 10.0. The lowest BCUT2D eigenvalue weighted by Gasteiger charge is -2.25. The van der Waals surface area contributed by atoms with Gasteiger partial charge in [0.15, 0.2) is 0 Å².